The lowest BCUT2D eigenvalue weighted by atomic mass is 9.93. The van der Waals surface area contributed by atoms with E-state index in [0.29, 0.717) is 10.9 Å². The lowest BCUT2D eigenvalue weighted by Gasteiger charge is -2.14. The van der Waals surface area contributed by atoms with Crippen LogP contribution in [0.25, 0.3) is 0 Å². The van der Waals surface area contributed by atoms with Crippen LogP contribution >= 0.6 is 11.3 Å². The number of thiazole rings is 1. The van der Waals surface area contributed by atoms with Crippen molar-refractivity contribution < 1.29 is 4.79 Å². The number of nitrogens with one attached hydrogen (secondary N) is 1. The number of nitrogens with two attached hydrogens (primary N) is 1. The van der Waals surface area contributed by atoms with E-state index >= 15 is 0 Å². The second-order valence-corrected chi connectivity index (χ2v) is 5.92. The Morgan fingerprint density at radius 3 is 2.63 bits per heavy atom. The first-order chi connectivity index (χ1) is 8.86. The first-order valence-electron chi connectivity index (χ1n) is 5.71. The zero-order valence-corrected chi connectivity index (χ0v) is 11.8. The summed E-state index contributed by atoms with van der Waals surface area (Å²) in [6.07, 6.45) is 2.85. The van der Waals surface area contributed by atoms with Crippen molar-refractivity contribution in [1.29, 1.82) is 0 Å². The van der Waals surface area contributed by atoms with E-state index in [4.69, 9.17) is 5.73 Å². The molecule has 0 aliphatic heterocycles. The van der Waals surface area contributed by atoms with E-state index in [-0.39, 0.29) is 11.1 Å². The molecule has 0 bridgehead atoms. The van der Waals surface area contributed by atoms with Gasteiger partial charge in [-0.15, -0.1) is 11.3 Å². The Morgan fingerprint density at radius 2 is 2.05 bits per heavy atom. The Labute approximate surface area is 115 Å². The summed E-state index contributed by atoms with van der Waals surface area (Å²) in [5.41, 5.74) is 6.27. The number of hydrogen-bond donors (Lipinski definition) is 2. The van der Waals surface area contributed by atoms with Gasteiger partial charge in [-0.2, -0.15) is 0 Å². The molecule has 1 amide bonds. The van der Waals surface area contributed by atoms with Crippen molar-refractivity contribution in [2.45, 2.75) is 26.2 Å². The molecule has 0 aromatic carbocycles. The van der Waals surface area contributed by atoms with E-state index in [1.54, 1.807) is 0 Å². The Hall–Kier alpha value is -2.02. The van der Waals surface area contributed by atoms with Gasteiger partial charge in [-0.25, -0.2) is 9.97 Å². The Morgan fingerprint density at radius 1 is 1.32 bits per heavy atom. The number of nitrogens with zero attached hydrogens (tertiary/aromatic N) is 3. The maximum Gasteiger partial charge on any atom is 0.268 e. The fourth-order valence-electron chi connectivity index (χ4n) is 1.33. The molecule has 19 heavy (non-hydrogen) atoms. The molecule has 2 heterocycles. The monoisotopic (exact) mass is 277 g/mol. The molecular weight excluding hydrogens is 262 g/mol. The van der Waals surface area contributed by atoms with Crippen LogP contribution in [0.15, 0.2) is 17.8 Å². The Kier molecular flexibility index (Phi) is 3.48. The molecule has 0 aliphatic rings. The molecule has 2 aromatic rings. The van der Waals surface area contributed by atoms with Crippen LogP contribution in [-0.2, 0) is 5.41 Å². The van der Waals surface area contributed by atoms with Gasteiger partial charge >= 0.3 is 0 Å². The van der Waals surface area contributed by atoms with E-state index in [2.05, 4.69) is 41.0 Å². The minimum absolute atomic E-state index is 0.00280. The lowest BCUT2D eigenvalue weighted by molar-refractivity contribution is 0.0995. The highest BCUT2D eigenvalue weighted by Gasteiger charge is 2.17. The average molecular weight is 277 g/mol. The predicted molar refractivity (Wildman–Crippen MR) is 74.6 cm³/mol. The third-order valence-electron chi connectivity index (χ3n) is 2.39. The van der Waals surface area contributed by atoms with Gasteiger partial charge in [0.2, 0.25) is 0 Å². The quantitative estimate of drug-likeness (QED) is 0.895. The van der Waals surface area contributed by atoms with Gasteiger partial charge in [0.1, 0.15) is 5.69 Å². The van der Waals surface area contributed by atoms with Crippen molar-refractivity contribution in [3.8, 4) is 0 Å². The van der Waals surface area contributed by atoms with Gasteiger partial charge in [0, 0.05) is 10.8 Å². The summed E-state index contributed by atoms with van der Waals surface area (Å²) in [5.74, 6) is -0.156. The summed E-state index contributed by atoms with van der Waals surface area (Å²) in [6.45, 7) is 6.29. The summed E-state index contributed by atoms with van der Waals surface area (Å²) in [6, 6.07) is 0. The molecule has 0 spiro atoms. The molecule has 2 aromatic heterocycles. The number of primary amides is 1. The molecule has 7 heteroatoms. The van der Waals surface area contributed by atoms with E-state index in [0.717, 1.165) is 5.69 Å². The normalized spacial score (nSPS) is 11.3. The first kappa shape index (κ1) is 13.4. The van der Waals surface area contributed by atoms with Gasteiger partial charge in [0.05, 0.1) is 18.1 Å². The van der Waals surface area contributed by atoms with Crippen molar-refractivity contribution in [3.63, 3.8) is 0 Å². The van der Waals surface area contributed by atoms with Crippen LogP contribution in [0.4, 0.5) is 10.9 Å². The van der Waals surface area contributed by atoms with Gasteiger partial charge in [0.25, 0.3) is 5.91 Å². The maximum absolute atomic E-state index is 11.0. The fourth-order valence-corrected chi connectivity index (χ4v) is 2.27. The van der Waals surface area contributed by atoms with Crippen LogP contribution in [0.3, 0.4) is 0 Å². The SMILES string of the molecule is CC(C)(C)c1csc(Nc2cncc(C(N)=O)n2)n1. The third kappa shape index (κ3) is 3.25. The molecule has 3 N–H and O–H groups in total. The van der Waals surface area contributed by atoms with Gasteiger partial charge in [-0.3, -0.25) is 9.78 Å². The molecule has 2 rings (SSSR count). The van der Waals surface area contributed by atoms with E-state index in [9.17, 15) is 4.79 Å². The molecule has 0 saturated carbocycles. The van der Waals surface area contributed by atoms with Crippen molar-refractivity contribution in [3.05, 3.63) is 29.2 Å². The maximum atomic E-state index is 11.0. The van der Waals surface area contributed by atoms with Crippen LogP contribution in [0.5, 0.6) is 0 Å². The van der Waals surface area contributed by atoms with Crippen LogP contribution in [0, 0.1) is 0 Å². The number of anilines is 2. The molecule has 6 nitrogen and oxygen atoms in total. The van der Waals surface area contributed by atoms with Crippen molar-refractivity contribution in [2.24, 2.45) is 5.73 Å². The summed E-state index contributed by atoms with van der Waals surface area (Å²) in [7, 11) is 0. The molecule has 0 unspecified atom stereocenters. The van der Waals surface area contributed by atoms with Crippen LogP contribution in [-0.4, -0.2) is 20.9 Å². The Bertz CT molecular complexity index is 602. The van der Waals surface area contributed by atoms with Crippen LogP contribution in [0.2, 0.25) is 0 Å². The second-order valence-electron chi connectivity index (χ2n) is 5.07. The molecule has 0 radical (unpaired) electrons. The highest BCUT2D eigenvalue weighted by Crippen LogP contribution is 2.27. The van der Waals surface area contributed by atoms with Gasteiger partial charge < -0.3 is 11.1 Å². The highest BCUT2D eigenvalue weighted by molar-refractivity contribution is 7.13. The number of rotatable bonds is 3. The van der Waals surface area contributed by atoms with Crippen LogP contribution in [0.1, 0.15) is 37.0 Å². The zero-order valence-electron chi connectivity index (χ0n) is 11.0. The predicted octanol–water partition coefficient (Wildman–Crippen LogP) is 2.07. The van der Waals surface area contributed by atoms with Crippen molar-refractivity contribution in [1.82, 2.24) is 15.0 Å². The number of amides is 1. The molecule has 0 atom stereocenters. The average Bonchev–Trinajstić information content (AvgIpc) is 2.77. The lowest BCUT2D eigenvalue weighted by Crippen LogP contribution is -2.14. The van der Waals surface area contributed by atoms with Gasteiger partial charge in [0.15, 0.2) is 10.9 Å². The highest BCUT2D eigenvalue weighted by atomic mass is 32.1. The number of hydrogen-bond acceptors (Lipinski definition) is 6. The van der Waals surface area contributed by atoms with Crippen molar-refractivity contribution in [2.75, 3.05) is 5.32 Å². The zero-order chi connectivity index (χ0) is 14.0. The largest absolute Gasteiger partial charge is 0.364 e. The molecule has 0 fully saturated rings. The minimum Gasteiger partial charge on any atom is -0.364 e. The van der Waals surface area contributed by atoms with E-state index < -0.39 is 5.91 Å². The second kappa shape index (κ2) is 4.93. The fraction of sp³-hybridized carbons (Fsp3) is 0.333. The summed E-state index contributed by atoms with van der Waals surface area (Å²) >= 11 is 1.48. The Balaban J connectivity index is 2.19. The van der Waals surface area contributed by atoms with Gasteiger partial charge in [-0.1, -0.05) is 20.8 Å². The minimum atomic E-state index is -0.606. The summed E-state index contributed by atoms with van der Waals surface area (Å²) in [4.78, 5) is 23.5. The standard InChI is InChI=1S/C12H15N5OS/c1-12(2,3)8-6-19-11(16-8)17-9-5-14-4-7(15-9)10(13)18/h4-6H,1-3H3,(H2,13,18)(H,15,16,17). The molecule has 0 aliphatic carbocycles. The smallest absolute Gasteiger partial charge is 0.268 e. The number of aromatic nitrogens is 3. The van der Waals surface area contributed by atoms with E-state index in [1.165, 1.54) is 23.7 Å². The van der Waals surface area contributed by atoms with Gasteiger partial charge in [-0.05, 0) is 0 Å². The van der Waals surface area contributed by atoms with Crippen LogP contribution < -0.4 is 11.1 Å². The van der Waals surface area contributed by atoms with Crippen molar-refractivity contribution >= 4 is 28.2 Å². The first-order valence-corrected chi connectivity index (χ1v) is 6.59. The molecule has 100 valence electrons. The molecular formula is C12H15N5OS. The molecule has 0 saturated heterocycles. The summed E-state index contributed by atoms with van der Waals surface area (Å²) in [5, 5.41) is 5.72. The van der Waals surface area contributed by atoms with E-state index in [1.807, 2.05) is 5.38 Å². The topological polar surface area (TPSA) is 93.8 Å². The third-order valence-corrected chi connectivity index (χ3v) is 3.15. The summed E-state index contributed by atoms with van der Waals surface area (Å²) < 4.78 is 0. The number of carbonyl (C=O) groups is 1. The number of carbonyl (C=O) groups excluding carboxylic acids is 1.